The van der Waals surface area contributed by atoms with Gasteiger partial charge in [-0.2, -0.15) is 0 Å². The van der Waals surface area contributed by atoms with E-state index in [-0.39, 0.29) is 0 Å². The predicted octanol–water partition coefficient (Wildman–Crippen LogP) is 18.7. The van der Waals surface area contributed by atoms with E-state index in [1.165, 1.54) is 114 Å². The van der Waals surface area contributed by atoms with Crippen molar-refractivity contribution >= 4 is 82.1 Å². The second-order valence-corrected chi connectivity index (χ2v) is 18.2. The van der Waals surface area contributed by atoms with E-state index in [1.807, 2.05) is 0 Å². The maximum atomic E-state index is 7.36. The van der Waals surface area contributed by atoms with Gasteiger partial charge >= 0.3 is 0 Å². The Labute approximate surface area is 385 Å². The fraction of sp³-hybridized carbons (Fsp3) is 0.0938. The van der Waals surface area contributed by atoms with Gasteiger partial charge < -0.3 is 9.32 Å². The first-order valence-electron chi connectivity index (χ1n) is 23.6. The quantitative estimate of drug-likeness (QED) is 0.159. The lowest BCUT2D eigenvalue weighted by Gasteiger charge is -2.28. The number of hydrogen-bond donors (Lipinski definition) is 0. The number of anilines is 3. The van der Waals surface area contributed by atoms with Gasteiger partial charge in [-0.3, -0.25) is 0 Å². The van der Waals surface area contributed by atoms with Gasteiger partial charge in [0.1, 0.15) is 5.58 Å². The molecule has 1 fully saturated rings. The average molecular weight is 846 g/mol. The molecule has 0 N–H and O–H groups in total. The van der Waals surface area contributed by atoms with Gasteiger partial charge in [0.2, 0.25) is 0 Å². The van der Waals surface area contributed by atoms with Gasteiger partial charge in [0, 0.05) is 22.0 Å². The number of fused-ring (bicyclic) bond motifs is 8. The summed E-state index contributed by atoms with van der Waals surface area (Å²) in [6, 6.07) is 80.4. The zero-order valence-corrected chi connectivity index (χ0v) is 36.8. The van der Waals surface area contributed by atoms with Crippen LogP contribution in [0.5, 0.6) is 0 Å². The highest BCUT2D eigenvalue weighted by Gasteiger charge is 2.27. The highest BCUT2D eigenvalue weighted by molar-refractivity contribution is 6.22. The number of nitrogens with zero attached hydrogens (tertiary/aromatic N) is 1. The lowest BCUT2D eigenvalue weighted by atomic mass is 9.82. The molecule has 1 heterocycles. The topological polar surface area (TPSA) is 16.4 Å². The van der Waals surface area contributed by atoms with Crippen LogP contribution in [0.15, 0.2) is 223 Å². The predicted molar refractivity (Wildman–Crippen MR) is 281 cm³/mol. The van der Waals surface area contributed by atoms with Crippen molar-refractivity contribution in [1.29, 1.82) is 0 Å². The van der Waals surface area contributed by atoms with Crippen LogP contribution in [0.3, 0.4) is 0 Å². The van der Waals surface area contributed by atoms with Gasteiger partial charge in [-0.05, 0) is 144 Å². The molecule has 0 saturated heterocycles. The first-order valence-corrected chi connectivity index (χ1v) is 23.6. The zero-order chi connectivity index (χ0) is 43.6. The van der Waals surface area contributed by atoms with E-state index in [4.69, 9.17) is 4.42 Å². The smallest absolute Gasteiger partial charge is 0.159 e. The lowest BCUT2D eigenvalue weighted by molar-refractivity contribution is 0.442. The Balaban J connectivity index is 0.964. The first-order chi connectivity index (χ1) is 32.7. The Morgan fingerprint density at radius 1 is 0.348 bits per heavy atom. The van der Waals surface area contributed by atoms with Crippen LogP contribution in [-0.2, 0) is 0 Å². The largest absolute Gasteiger partial charge is 0.454 e. The lowest BCUT2D eigenvalue weighted by Crippen LogP contribution is -2.11. The molecule has 0 spiro atoms. The van der Waals surface area contributed by atoms with E-state index in [2.05, 4.69) is 223 Å². The number of hydrogen-bond acceptors (Lipinski definition) is 2. The molecule has 2 heteroatoms. The fourth-order valence-corrected chi connectivity index (χ4v) is 11.1. The number of furan rings is 1. The monoisotopic (exact) mass is 845 g/mol. The Kier molecular flexibility index (Phi) is 9.30. The van der Waals surface area contributed by atoms with Gasteiger partial charge in [-0.1, -0.05) is 189 Å². The molecule has 0 aliphatic heterocycles. The molecule has 0 bridgehead atoms. The fourth-order valence-electron chi connectivity index (χ4n) is 11.1. The highest BCUT2D eigenvalue weighted by Crippen LogP contribution is 2.49. The van der Waals surface area contributed by atoms with Crippen molar-refractivity contribution in [3.05, 3.63) is 224 Å². The normalized spacial score (nSPS) is 13.4. The molecule has 2 nitrogen and oxygen atoms in total. The molecule has 1 aliphatic carbocycles. The minimum Gasteiger partial charge on any atom is -0.454 e. The maximum Gasteiger partial charge on any atom is 0.159 e. The SMILES string of the molecule is c1ccc(N(c2ccc(-c3ccc4cc(-c5ccc6ccccc6c5)ccc4c3)cc2)c2cccc3c2oc2c(C4CCCCC4)cc4ccccc4c23)c(-c2cccc3ccccc23)c1. The molecule has 0 atom stereocenters. The molecule has 66 heavy (non-hydrogen) atoms. The molecule has 12 aromatic rings. The maximum absolute atomic E-state index is 7.36. The molecule has 11 aromatic carbocycles. The summed E-state index contributed by atoms with van der Waals surface area (Å²) < 4.78 is 7.36. The van der Waals surface area contributed by atoms with Crippen LogP contribution in [0, 0.1) is 0 Å². The van der Waals surface area contributed by atoms with Crippen LogP contribution < -0.4 is 4.90 Å². The molecule has 0 unspecified atom stereocenters. The first kappa shape index (κ1) is 38.5. The third kappa shape index (κ3) is 6.55. The van der Waals surface area contributed by atoms with Crippen LogP contribution in [-0.4, -0.2) is 0 Å². The van der Waals surface area contributed by atoms with Crippen molar-refractivity contribution in [2.45, 2.75) is 38.0 Å². The molecule has 0 radical (unpaired) electrons. The van der Waals surface area contributed by atoms with Crippen LogP contribution in [0.25, 0.3) is 98.4 Å². The van der Waals surface area contributed by atoms with Crippen molar-refractivity contribution in [1.82, 2.24) is 0 Å². The minimum atomic E-state index is 0.493. The second kappa shape index (κ2) is 15.9. The number of rotatable bonds is 7. The Hall–Kier alpha value is -7.94. The second-order valence-electron chi connectivity index (χ2n) is 18.2. The van der Waals surface area contributed by atoms with Gasteiger partial charge in [0.25, 0.3) is 0 Å². The molecule has 13 rings (SSSR count). The molecule has 0 amide bonds. The Morgan fingerprint density at radius 3 is 1.65 bits per heavy atom. The highest BCUT2D eigenvalue weighted by atomic mass is 16.3. The van der Waals surface area contributed by atoms with Crippen LogP contribution in [0.4, 0.5) is 17.1 Å². The third-order valence-corrected chi connectivity index (χ3v) is 14.4. The average Bonchev–Trinajstić information content (AvgIpc) is 3.79. The summed E-state index contributed by atoms with van der Waals surface area (Å²) in [6.45, 7) is 0. The number of para-hydroxylation sites is 2. The summed E-state index contributed by atoms with van der Waals surface area (Å²) >= 11 is 0. The van der Waals surface area contributed by atoms with Crippen molar-refractivity contribution in [2.75, 3.05) is 4.90 Å². The van der Waals surface area contributed by atoms with Crippen LogP contribution in [0.2, 0.25) is 0 Å². The van der Waals surface area contributed by atoms with Crippen molar-refractivity contribution in [2.24, 2.45) is 0 Å². The van der Waals surface area contributed by atoms with E-state index in [9.17, 15) is 0 Å². The standard InChI is InChI=1S/C64H47NO/c1-2-15-45(16-3-1)59-41-52-19-7-9-22-55(52)62-58-25-13-27-61(63(58)66-64(59)62)65(60-26-11-10-23-57(60)56-24-12-20-44-17-6-8-21-54(44)56)53-36-34-43(35-37-53)47-30-31-50-40-51(33-32-49(50)39-47)48-29-28-42-14-4-5-18-46(42)38-48/h4-14,17-41,45H,1-3,15-16H2. The summed E-state index contributed by atoms with van der Waals surface area (Å²) in [4.78, 5) is 2.43. The van der Waals surface area contributed by atoms with Gasteiger partial charge in [-0.25, -0.2) is 0 Å². The molecule has 314 valence electrons. The molecule has 1 saturated carbocycles. The van der Waals surface area contributed by atoms with Crippen LogP contribution >= 0.6 is 0 Å². The minimum absolute atomic E-state index is 0.493. The van der Waals surface area contributed by atoms with Crippen molar-refractivity contribution in [3.8, 4) is 33.4 Å². The summed E-state index contributed by atoms with van der Waals surface area (Å²) in [6.07, 6.45) is 6.27. The van der Waals surface area contributed by atoms with E-state index in [0.717, 1.165) is 39.2 Å². The van der Waals surface area contributed by atoms with E-state index in [0.29, 0.717) is 5.92 Å². The Morgan fingerprint density at radius 2 is 0.879 bits per heavy atom. The molecular weight excluding hydrogens is 799 g/mol. The van der Waals surface area contributed by atoms with E-state index < -0.39 is 0 Å². The zero-order valence-electron chi connectivity index (χ0n) is 36.8. The van der Waals surface area contributed by atoms with Gasteiger partial charge in [-0.15, -0.1) is 0 Å². The Bertz CT molecular complexity index is 3810. The van der Waals surface area contributed by atoms with E-state index >= 15 is 0 Å². The third-order valence-electron chi connectivity index (χ3n) is 14.4. The summed E-state index contributed by atoms with van der Waals surface area (Å²) in [7, 11) is 0. The summed E-state index contributed by atoms with van der Waals surface area (Å²) in [5, 5.41) is 12.3. The molecule has 1 aromatic heterocycles. The van der Waals surface area contributed by atoms with E-state index in [1.54, 1.807) is 0 Å². The number of benzene rings is 11. The van der Waals surface area contributed by atoms with Gasteiger partial charge in [0.05, 0.1) is 11.4 Å². The summed E-state index contributed by atoms with van der Waals surface area (Å²) in [5.74, 6) is 0.493. The molecule has 1 aliphatic rings. The van der Waals surface area contributed by atoms with Crippen LogP contribution in [0.1, 0.15) is 43.6 Å². The van der Waals surface area contributed by atoms with Gasteiger partial charge in [0.15, 0.2) is 5.58 Å². The summed E-state index contributed by atoms with van der Waals surface area (Å²) in [5.41, 5.74) is 13.7. The van der Waals surface area contributed by atoms with Crippen molar-refractivity contribution < 1.29 is 4.42 Å². The molecular formula is C64H47NO. The van der Waals surface area contributed by atoms with Crippen molar-refractivity contribution in [3.63, 3.8) is 0 Å².